The fraction of sp³-hybridized carbons (Fsp3) is 0.286. The van der Waals surface area contributed by atoms with Crippen LogP contribution in [-0.4, -0.2) is 35.3 Å². The van der Waals surface area contributed by atoms with Crippen molar-refractivity contribution in [2.24, 2.45) is 0 Å². The first-order valence-corrected chi connectivity index (χ1v) is 9.53. The number of hydrogen-bond acceptors (Lipinski definition) is 3. The summed E-state index contributed by atoms with van der Waals surface area (Å²) in [5.41, 5.74) is 2.59. The lowest BCUT2D eigenvalue weighted by Gasteiger charge is -2.13. The lowest BCUT2D eigenvalue weighted by atomic mass is 10.1. The maximum Gasteiger partial charge on any atom is 0.324 e. The lowest BCUT2D eigenvalue weighted by molar-refractivity contribution is -0.127. The minimum absolute atomic E-state index is 0.120. The van der Waals surface area contributed by atoms with Gasteiger partial charge in [-0.25, -0.2) is 4.79 Å². The van der Waals surface area contributed by atoms with E-state index >= 15 is 0 Å². The molecule has 2 aromatic carbocycles. The van der Waals surface area contributed by atoms with Gasteiger partial charge in [-0.05, 0) is 43.0 Å². The first-order valence-electron chi connectivity index (χ1n) is 9.16. The van der Waals surface area contributed by atoms with Crippen molar-refractivity contribution in [2.75, 3.05) is 11.9 Å². The zero-order valence-electron chi connectivity index (χ0n) is 15.6. The third-order valence-corrected chi connectivity index (χ3v) is 5.10. The van der Waals surface area contributed by atoms with Crippen LogP contribution in [0.25, 0.3) is 0 Å². The van der Waals surface area contributed by atoms with Gasteiger partial charge in [-0.2, -0.15) is 0 Å². The van der Waals surface area contributed by atoms with E-state index in [2.05, 4.69) is 10.6 Å². The molecule has 4 amide bonds. The molecule has 1 atom stereocenters. The van der Waals surface area contributed by atoms with Crippen molar-refractivity contribution in [3.8, 4) is 0 Å². The number of anilines is 1. The molecule has 0 saturated carbocycles. The van der Waals surface area contributed by atoms with E-state index in [0.717, 1.165) is 11.1 Å². The van der Waals surface area contributed by atoms with E-state index in [1.807, 2.05) is 43.3 Å². The van der Waals surface area contributed by atoms with Gasteiger partial charge in [0.2, 0.25) is 5.91 Å². The van der Waals surface area contributed by atoms with Crippen LogP contribution in [0.1, 0.15) is 24.0 Å². The molecule has 28 heavy (non-hydrogen) atoms. The highest BCUT2D eigenvalue weighted by Gasteiger charge is 2.37. The van der Waals surface area contributed by atoms with Gasteiger partial charge in [0.1, 0.15) is 6.04 Å². The molecule has 1 saturated heterocycles. The second-order valence-electron chi connectivity index (χ2n) is 6.78. The lowest BCUT2D eigenvalue weighted by Crippen LogP contribution is -2.33. The molecular formula is C21H22ClN3O3. The number of nitrogens with zero attached hydrogens (tertiary/aromatic N) is 1. The molecule has 1 aliphatic rings. The third kappa shape index (κ3) is 4.89. The summed E-state index contributed by atoms with van der Waals surface area (Å²) >= 11 is 6.05. The fourth-order valence-corrected chi connectivity index (χ4v) is 3.22. The van der Waals surface area contributed by atoms with Crippen LogP contribution in [0.4, 0.5) is 10.5 Å². The number of amides is 4. The highest BCUT2D eigenvalue weighted by atomic mass is 35.5. The standard InChI is InChI=1S/C21H22ClN3O3/c1-14-7-8-16(13-17(14)22)23-19(26)10-9-18-20(27)25(21(28)24-18)12-11-15-5-3-2-4-6-15/h2-8,13,18H,9-12H2,1H3,(H,23,26)(H,24,28). The summed E-state index contributed by atoms with van der Waals surface area (Å²) in [7, 11) is 0. The van der Waals surface area contributed by atoms with Gasteiger partial charge in [0.05, 0.1) is 0 Å². The molecule has 0 aromatic heterocycles. The highest BCUT2D eigenvalue weighted by molar-refractivity contribution is 6.31. The maximum absolute atomic E-state index is 12.5. The van der Waals surface area contributed by atoms with Crippen LogP contribution in [0.2, 0.25) is 5.02 Å². The normalized spacial score (nSPS) is 16.2. The molecule has 0 bridgehead atoms. The second kappa shape index (κ2) is 8.89. The zero-order valence-corrected chi connectivity index (χ0v) is 16.3. The van der Waals surface area contributed by atoms with Gasteiger partial charge in [-0.15, -0.1) is 0 Å². The van der Waals surface area contributed by atoms with Crippen molar-refractivity contribution in [1.82, 2.24) is 10.2 Å². The summed E-state index contributed by atoms with van der Waals surface area (Å²) in [6.07, 6.45) is 0.966. The zero-order chi connectivity index (χ0) is 20.1. The molecule has 6 nitrogen and oxygen atoms in total. The van der Waals surface area contributed by atoms with E-state index in [1.54, 1.807) is 12.1 Å². The largest absolute Gasteiger partial charge is 0.326 e. The first kappa shape index (κ1) is 19.9. The quantitative estimate of drug-likeness (QED) is 0.699. The molecule has 0 spiro atoms. The van der Waals surface area contributed by atoms with Crippen molar-refractivity contribution >= 4 is 35.1 Å². The van der Waals surface area contributed by atoms with E-state index < -0.39 is 12.1 Å². The molecule has 1 aliphatic heterocycles. The minimum atomic E-state index is -0.671. The Balaban J connectivity index is 1.49. The summed E-state index contributed by atoms with van der Waals surface area (Å²) in [5.74, 6) is -0.517. The third-order valence-electron chi connectivity index (χ3n) is 4.69. The SMILES string of the molecule is Cc1ccc(NC(=O)CCC2NC(=O)N(CCc3ccccc3)C2=O)cc1Cl. The molecule has 146 valence electrons. The monoisotopic (exact) mass is 399 g/mol. The van der Waals surface area contributed by atoms with Crippen LogP contribution < -0.4 is 10.6 Å². The summed E-state index contributed by atoms with van der Waals surface area (Å²) < 4.78 is 0. The van der Waals surface area contributed by atoms with E-state index in [4.69, 9.17) is 11.6 Å². The van der Waals surface area contributed by atoms with Crippen molar-refractivity contribution in [3.63, 3.8) is 0 Å². The van der Waals surface area contributed by atoms with Gasteiger partial charge in [-0.1, -0.05) is 48.0 Å². The number of urea groups is 1. The molecule has 1 heterocycles. The summed E-state index contributed by atoms with van der Waals surface area (Å²) in [6.45, 7) is 2.20. The number of carbonyl (C=O) groups is 3. The fourth-order valence-electron chi connectivity index (χ4n) is 3.04. The molecule has 3 rings (SSSR count). The van der Waals surface area contributed by atoms with E-state index in [1.165, 1.54) is 4.90 Å². The molecule has 2 N–H and O–H groups in total. The number of hydrogen-bond donors (Lipinski definition) is 2. The number of rotatable bonds is 7. The van der Waals surface area contributed by atoms with E-state index in [0.29, 0.717) is 23.7 Å². The average Bonchev–Trinajstić information content (AvgIpc) is 2.95. The van der Waals surface area contributed by atoms with Gasteiger partial charge in [0.15, 0.2) is 0 Å². The highest BCUT2D eigenvalue weighted by Crippen LogP contribution is 2.20. The van der Waals surface area contributed by atoms with Crippen LogP contribution in [0, 0.1) is 6.92 Å². The van der Waals surface area contributed by atoms with E-state index in [9.17, 15) is 14.4 Å². The van der Waals surface area contributed by atoms with Crippen LogP contribution in [0.5, 0.6) is 0 Å². The number of nitrogens with one attached hydrogen (secondary N) is 2. The Bertz CT molecular complexity index is 886. The molecule has 0 radical (unpaired) electrons. The van der Waals surface area contributed by atoms with Gasteiger partial charge in [-0.3, -0.25) is 14.5 Å². The average molecular weight is 400 g/mol. The van der Waals surface area contributed by atoms with Crippen LogP contribution in [0.15, 0.2) is 48.5 Å². The number of halogens is 1. The van der Waals surface area contributed by atoms with Gasteiger partial charge in [0.25, 0.3) is 5.91 Å². The Hall–Kier alpha value is -2.86. The Morgan fingerprint density at radius 3 is 2.64 bits per heavy atom. The maximum atomic E-state index is 12.5. The Kier molecular flexibility index (Phi) is 6.31. The van der Waals surface area contributed by atoms with E-state index in [-0.39, 0.29) is 24.7 Å². The van der Waals surface area contributed by atoms with Gasteiger partial charge >= 0.3 is 6.03 Å². The summed E-state index contributed by atoms with van der Waals surface area (Å²) in [6, 6.07) is 13.9. The molecule has 7 heteroatoms. The van der Waals surface area contributed by atoms with Crippen molar-refractivity contribution in [3.05, 3.63) is 64.7 Å². The molecule has 2 aromatic rings. The Morgan fingerprint density at radius 2 is 1.93 bits per heavy atom. The number of benzene rings is 2. The second-order valence-corrected chi connectivity index (χ2v) is 7.19. The summed E-state index contributed by atoms with van der Waals surface area (Å²) in [5, 5.41) is 5.99. The van der Waals surface area contributed by atoms with Crippen LogP contribution >= 0.6 is 11.6 Å². The minimum Gasteiger partial charge on any atom is -0.326 e. The summed E-state index contributed by atoms with van der Waals surface area (Å²) in [4.78, 5) is 38.0. The number of carbonyl (C=O) groups excluding carboxylic acids is 3. The van der Waals surface area contributed by atoms with Gasteiger partial charge < -0.3 is 10.6 Å². The number of aryl methyl sites for hydroxylation is 1. The molecule has 1 fully saturated rings. The topological polar surface area (TPSA) is 78.5 Å². The van der Waals surface area contributed by atoms with Crippen LogP contribution in [-0.2, 0) is 16.0 Å². The predicted octanol–water partition coefficient (Wildman–Crippen LogP) is 3.53. The smallest absolute Gasteiger partial charge is 0.324 e. The Morgan fingerprint density at radius 1 is 1.18 bits per heavy atom. The van der Waals surface area contributed by atoms with Crippen molar-refractivity contribution in [2.45, 2.75) is 32.2 Å². The van der Waals surface area contributed by atoms with Gasteiger partial charge in [0, 0.05) is 23.7 Å². The number of imide groups is 1. The first-order chi connectivity index (χ1) is 13.4. The van der Waals surface area contributed by atoms with Crippen molar-refractivity contribution in [1.29, 1.82) is 0 Å². The molecule has 0 aliphatic carbocycles. The van der Waals surface area contributed by atoms with Crippen LogP contribution in [0.3, 0.4) is 0 Å². The van der Waals surface area contributed by atoms with Crippen molar-refractivity contribution < 1.29 is 14.4 Å². The predicted molar refractivity (Wildman–Crippen MR) is 108 cm³/mol. The molecular weight excluding hydrogens is 378 g/mol. The Labute approximate surface area is 168 Å². The molecule has 1 unspecified atom stereocenters.